The van der Waals surface area contributed by atoms with Crippen LogP contribution in [0.3, 0.4) is 0 Å². The molecule has 0 atom stereocenters. The van der Waals surface area contributed by atoms with Crippen molar-refractivity contribution < 1.29 is 14.7 Å². The monoisotopic (exact) mass is 329 g/mol. The average Bonchev–Trinajstić information content (AvgIpc) is 2.84. The van der Waals surface area contributed by atoms with Crippen molar-refractivity contribution in [3.05, 3.63) is 51.4 Å². The number of anilines is 1. The summed E-state index contributed by atoms with van der Waals surface area (Å²) >= 11 is 1.66. The van der Waals surface area contributed by atoms with E-state index in [1.54, 1.807) is 29.5 Å². The van der Waals surface area contributed by atoms with E-state index in [1.165, 1.54) is 34.9 Å². The molecule has 1 heterocycles. The van der Waals surface area contributed by atoms with Crippen molar-refractivity contribution in [2.75, 3.05) is 5.32 Å². The second-order valence-corrected chi connectivity index (χ2v) is 6.96. The van der Waals surface area contributed by atoms with Crippen molar-refractivity contribution in [3.63, 3.8) is 0 Å². The zero-order valence-corrected chi connectivity index (χ0v) is 13.8. The molecule has 1 aromatic carbocycles. The third-order valence-corrected chi connectivity index (χ3v) is 5.60. The Morgan fingerprint density at radius 1 is 1.22 bits per heavy atom. The van der Waals surface area contributed by atoms with Gasteiger partial charge in [-0.25, -0.2) is 4.79 Å². The van der Waals surface area contributed by atoms with Crippen LogP contribution >= 0.6 is 11.3 Å². The lowest BCUT2D eigenvalue weighted by Gasteiger charge is -2.10. The number of carboxylic acids is 1. The van der Waals surface area contributed by atoms with Crippen LogP contribution in [0.2, 0.25) is 0 Å². The second kappa shape index (κ2) is 6.54. The first-order valence-corrected chi connectivity index (χ1v) is 8.60. The van der Waals surface area contributed by atoms with Crippen LogP contribution in [0.1, 0.15) is 44.8 Å². The van der Waals surface area contributed by atoms with Gasteiger partial charge in [0, 0.05) is 4.88 Å². The van der Waals surface area contributed by atoms with Gasteiger partial charge in [0.2, 0.25) is 5.91 Å². The summed E-state index contributed by atoms with van der Waals surface area (Å²) in [7, 11) is 0. The minimum Gasteiger partial charge on any atom is -0.478 e. The van der Waals surface area contributed by atoms with E-state index in [-0.39, 0.29) is 17.9 Å². The molecular weight excluding hydrogens is 310 g/mol. The molecule has 1 amide bonds. The Kier molecular flexibility index (Phi) is 4.48. The highest BCUT2D eigenvalue weighted by Gasteiger charge is 2.20. The first kappa shape index (κ1) is 15.7. The first-order valence-electron chi connectivity index (χ1n) is 7.78. The molecule has 0 spiro atoms. The largest absolute Gasteiger partial charge is 0.478 e. The van der Waals surface area contributed by atoms with E-state index in [0.29, 0.717) is 5.56 Å². The van der Waals surface area contributed by atoms with Gasteiger partial charge in [-0.15, -0.1) is 11.3 Å². The fourth-order valence-electron chi connectivity index (χ4n) is 3.07. The van der Waals surface area contributed by atoms with Gasteiger partial charge in [0.1, 0.15) is 0 Å². The highest BCUT2D eigenvalue weighted by molar-refractivity contribution is 7.16. The summed E-state index contributed by atoms with van der Waals surface area (Å²) < 4.78 is 0. The molecule has 0 saturated heterocycles. The highest BCUT2D eigenvalue weighted by atomic mass is 32.1. The lowest BCUT2D eigenvalue weighted by atomic mass is 9.96. The number of hydrogen-bond acceptors (Lipinski definition) is 3. The fraction of sp³-hybridized carbons (Fsp3) is 0.333. The first-order chi connectivity index (χ1) is 11.1. The van der Waals surface area contributed by atoms with Gasteiger partial charge < -0.3 is 10.4 Å². The summed E-state index contributed by atoms with van der Waals surface area (Å²) in [5, 5.41) is 13.1. The second-order valence-electron chi connectivity index (χ2n) is 5.85. The van der Waals surface area contributed by atoms with Gasteiger partial charge >= 0.3 is 5.97 Å². The molecule has 23 heavy (non-hydrogen) atoms. The van der Waals surface area contributed by atoms with E-state index in [4.69, 9.17) is 0 Å². The van der Waals surface area contributed by atoms with Gasteiger partial charge in [0.05, 0.1) is 17.0 Å². The van der Waals surface area contributed by atoms with Crippen LogP contribution in [0, 0.1) is 6.92 Å². The molecule has 1 aliphatic rings. The number of nitrogens with one attached hydrogen (secondary N) is 1. The molecule has 5 heteroatoms. The van der Waals surface area contributed by atoms with Crippen LogP contribution in [0.15, 0.2) is 24.3 Å². The Morgan fingerprint density at radius 3 is 2.70 bits per heavy atom. The number of carbonyl (C=O) groups is 2. The third-order valence-electron chi connectivity index (χ3n) is 4.29. The molecule has 0 aliphatic heterocycles. The Morgan fingerprint density at radius 2 is 1.96 bits per heavy atom. The Hall–Kier alpha value is -2.14. The topological polar surface area (TPSA) is 66.4 Å². The number of rotatable bonds is 4. The van der Waals surface area contributed by atoms with Gasteiger partial charge in [0.15, 0.2) is 0 Å². The minimum absolute atomic E-state index is 0.0739. The number of amides is 1. The number of carbonyl (C=O) groups excluding carboxylic acids is 1. The summed E-state index contributed by atoms with van der Waals surface area (Å²) in [4.78, 5) is 24.9. The summed E-state index contributed by atoms with van der Waals surface area (Å²) in [6.07, 6.45) is 4.69. The lowest BCUT2D eigenvalue weighted by molar-refractivity contribution is -0.115. The molecule has 1 aromatic heterocycles. The average molecular weight is 329 g/mol. The SMILES string of the molecule is Cc1c(NC(=O)Cc2ccccc2C(=O)O)sc2c1CCCC2. The molecule has 0 radical (unpaired) electrons. The van der Waals surface area contributed by atoms with Gasteiger partial charge in [-0.05, 0) is 55.4 Å². The Bertz CT molecular complexity index is 764. The molecule has 2 N–H and O–H groups in total. The van der Waals surface area contributed by atoms with E-state index >= 15 is 0 Å². The molecule has 0 unspecified atom stereocenters. The third kappa shape index (κ3) is 3.29. The maximum Gasteiger partial charge on any atom is 0.335 e. The summed E-state index contributed by atoms with van der Waals surface area (Å²) in [6.45, 7) is 2.06. The van der Waals surface area contributed by atoms with E-state index < -0.39 is 5.97 Å². The Balaban J connectivity index is 1.76. The quantitative estimate of drug-likeness (QED) is 0.896. The molecule has 120 valence electrons. The van der Waals surface area contributed by atoms with Crippen LogP contribution in [0.4, 0.5) is 5.00 Å². The highest BCUT2D eigenvalue weighted by Crippen LogP contribution is 2.37. The molecule has 0 saturated carbocycles. The standard InChI is InChI=1S/C18H19NO3S/c1-11-13-7-4-5-9-15(13)23-17(11)19-16(20)10-12-6-2-3-8-14(12)18(21)22/h2-3,6,8H,4-5,7,9-10H2,1H3,(H,19,20)(H,21,22). The van der Waals surface area contributed by atoms with E-state index in [2.05, 4.69) is 12.2 Å². The van der Waals surface area contributed by atoms with Crippen LogP contribution in [-0.4, -0.2) is 17.0 Å². The van der Waals surface area contributed by atoms with Crippen molar-refractivity contribution >= 4 is 28.2 Å². The van der Waals surface area contributed by atoms with Gasteiger partial charge in [-0.1, -0.05) is 18.2 Å². The maximum absolute atomic E-state index is 12.3. The maximum atomic E-state index is 12.3. The van der Waals surface area contributed by atoms with Gasteiger partial charge in [-0.2, -0.15) is 0 Å². The van der Waals surface area contributed by atoms with Crippen molar-refractivity contribution in [2.45, 2.75) is 39.0 Å². The molecule has 0 fully saturated rings. The molecule has 3 rings (SSSR count). The van der Waals surface area contributed by atoms with E-state index in [0.717, 1.165) is 17.8 Å². The van der Waals surface area contributed by atoms with Crippen LogP contribution in [0.25, 0.3) is 0 Å². The number of benzene rings is 1. The van der Waals surface area contributed by atoms with Crippen molar-refractivity contribution in [3.8, 4) is 0 Å². The predicted octanol–water partition coefficient (Wildman–Crippen LogP) is 3.81. The lowest BCUT2D eigenvalue weighted by Crippen LogP contribution is -2.16. The fourth-order valence-corrected chi connectivity index (χ4v) is 4.38. The molecular formula is C18H19NO3S. The summed E-state index contributed by atoms with van der Waals surface area (Å²) in [5.74, 6) is -1.17. The molecule has 0 bridgehead atoms. The number of thiophene rings is 1. The number of fused-ring (bicyclic) bond motifs is 1. The van der Waals surface area contributed by atoms with Crippen molar-refractivity contribution in [1.82, 2.24) is 0 Å². The summed E-state index contributed by atoms with van der Waals surface area (Å²) in [5.41, 5.74) is 3.29. The number of aromatic carboxylic acids is 1. The molecule has 2 aromatic rings. The van der Waals surface area contributed by atoms with Crippen molar-refractivity contribution in [2.24, 2.45) is 0 Å². The number of aryl methyl sites for hydroxylation is 1. The van der Waals surface area contributed by atoms with Crippen LogP contribution in [0.5, 0.6) is 0 Å². The normalized spacial score (nSPS) is 13.4. The van der Waals surface area contributed by atoms with Crippen LogP contribution in [-0.2, 0) is 24.1 Å². The van der Waals surface area contributed by atoms with Crippen LogP contribution < -0.4 is 5.32 Å². The van der Waals surface area contributed by atoms with E-state index in [9.17, 15) is 14.7 Å². The molecule has 1 aliphatic carbocycles. The predicted molar refractivity (Wildman–Crippen MR) is 91.4 cm³/mol. The van der Waals surface area contributed by atoms with E-state index in [1.807, 2.05) is 0 Å². The number of hydrogen-bond donors (Lipinski definition) is 2. The Labute approximate surface area is 139 Å². The summed E-state index contributed by atoms with van der Waals surface area (Å²) in [6, 6.07) is 6.64. The van der Waals surface area contributed by atoms with Crippen molar-refractivity contribution in [1.29, 1.82) is 0 Å². The van der Waals surface area contributed by atoms with Gasteiger partial charge in [-0.3, -0.25) is 4.79 Å². The zero-order chi connectivity index (χ0) is 16.4. The zero-order valence-electron chi connectivity index (χ0n) is 13.0. The smallest absolute Gasteiger partial charge is 0.335 e. The number of carboxylic acid groups (broad SMARTS) is 1. The molecule has 4 nitrogen and oxygen atoms in total. The van der Waals surface area contributed by atoms with Gasteiger partial charge in [0.25, 0.3) is 0 Å². The minimum atomic E-state index is -1.00.